The summed E-state index contributed by atoms with van der Waals surface area (Å²) in [6, 6.07) is 8.66. The van der Waals surface area contributed by atoms with E-state index < -0.39 is 85.2 Å². The first-order valence-electron chi connectivity index (χ1n) is 13.9. The Kier molecular flexibility index (Phi) is 6.20. The van der Waals surface area contributed by atoms with Crippen molar-refractivity contribution in [3.8, 4) is 17.2 Å². The molecule has 4 aromatic rings. The topological polar surface area (TPSA) is 193 Å². The van der Waals surface area contributed by atoms with Crippen LogP contribution in [-0.4, -0.2) is 56.8 Å². The fourth-order valence-corrected chi connectivity index (χ4v) is 6.61. The first kappa shape index (κ1) is 28.6. The summed E-state index contributed by atoms with van der Waals surface area (Å²) in [4.78, 5) is 74.9. The van der Waals surface area contributed by atoms with Gasteiger partial charge in [-0.05, 0) is 47.6 Å². The van der Waals surface area contributed by atoms with E-state index >= 15 is 0 Å². The average molecular weight is 625 g/mol. The van der Waals surface area contributed by atoms with E-state index in [1.165, 1.54) is 36.5 Å². The number of oxime groups is 1. The molecule has 1 spiro atoms. The summed E-state index contributed by atoms with van der Waals surface area (Å²) in [5.41, 5.74) is -4.47. The first-order chi connectivity index (χ1) is 22.0. The van der Waals surface area contributed by atoms with Gasteiger partial charge in [0.25, 0.3) is 5.56 Å². The standard InChI is InChI=1S/C33H21FN2O10/c1-45-19-10-18(37)21-22(26(19)38)28(40)24-23(27(21)39)30(42)33(31(24)43)7-6-14-8-15-9-17(36-32(44)20(15)29(41)25(14)33)11-35-46-12-13-2-4-16(34)5-3-13/h2-5,8-11,39-41H,6-7,12H2,1H3,(H,36,44)/t33-/m0/s1. The number of H-pyrrole nitrogens is 1. The zero-order chi connectivity index (χ0) is 32.7. The van der Waals surface area contributed by atoms with Gasteiger partial charge in [-0.25, -0.2) is 4.39 Å². The molecular formula is C33H21FN2O10. The fraction of sp³-hybridized carbons (Fsp3) is 0.152. The number of ketones is 4. The Balaban J connectivity index is 1.30. The third-order valence-corrected chi connectivity index (χ3v) is 8.67. The number of pyridine rings is 1. The summed E-state index contributed by atoms with van der Waals surface area (Å²) >= 11 is 0. The average Bonchev–Trinajstić information content (AvgIpc) is 3.52. The second-order valence-electron chi connectivity index (χ2n) is 11.1. The number of nitrogens with zero attached hydrogens (tertiary/aromatic N) is 1. The number of ether oxygens (including phenoxy) is 1. The number of carbonyl (C=O) groups is 4. The second kappa shape index (κ2) is 9.95. The number of phenolic OH excluding ortho intramolecular Hbond substituents is 3. The van der Waals surface area contributed by atoms with E-state index in [-0.39, 0.29) is 41.5 Å². The lowest BCUT2D eigenvalue weighted by molar-refractivity contribution is 0.0790. The molecule has 12 nitrogen and oxygen atoms in total. The van der Waals surface area contributed by atoms with Crippen LogP contribution in [0.2, 0.25) is 0 Å². The molecule has 0 radical (unpaired) electrons. The number of phenols is 3. The molecule has 1 heterocycles. The lowest BCUT2D eigenvalue weighted by Gasteiger charge is -2.22. The van der Waals surface area contributed by atoms with Gasteiger partial charge in [-0.1, -0.05) is 23.4 Å². The largest absolute Gasteiger partial charge is 0.507 e. The van der Waals surface area contributed by atoms with Crippen molar-refractivity contribution < 1.29 is 48.5 Å². The van der Waals surface area contributed by atoms with Crippen LogP contribution in [0.5, 0.6) is 17.2 Å². The van der Waals surface area contributed by atoms with Crippen LogP contribution in [0.25, 0.3) is 10.8 Å². The molecule has 0 saturated carbocycles. The molecule has 7 rings (SSSR count). The Hall–Kier alpha value is -6.11. The lowest BCUT2D eigenvalue weighted by atomic mass is 9.76. The Morgan fingerprint density at radius 1 is 0.935 bits per heavy atom. The number of aromatic amines is 1. The smallest absolute Gasteiger partial charge is 0.260 e. The molecule has 3 aliphatic rings. The number of halogens is 1. The molecule has 0 fully saturated rings. The summed E-state index contributed by atoms with van der Waals surface area (Å²) in [6.07, 6.45) is 1.94. The quantitative estimate of drug-likeness (QED) is 0.111. The lowest BCUT2D eigenvalue weighted by Crippen LogP contribution is -2.36. The summed E-state index contributed by atoms with van der Waals surface area (Å²) < 4.78 is 18.0. The van der Waals surface area contributed by atoms with Crippen molar-refractivity contribution in [2.24, 2.45) is 5.16 Å². The third kappa shape index (κ3) is 3.77. The number of carbonyl (C=O) groups excluding carboxylic acids is 4. The van der Waals surface area contributed by atoms with Gasteiger partial charge in [0.1, 0.15) is 35.1 Å². The Morgan fingerprint density at radius 2 is 1.61 bits per heavy atom. The number of methoxy groups -OCH3 is 1. The minimum atomic E-state index is -2.14. The van der Waals surface area contributed by atoms with Gasteiger partial charge >= 0.3 is 0 Å². The molecular weight excluding hydrogens is 603 g/mol. The van der Waals surface area contributed by atoms with Crippen LogP contribution in [-0.2, 0) is 28.0 Å². The summed E-state index contributed by atoms with van der Waals surface area (Å²) in [5, 5.41) is 37.6. The summed E-state index contributed by atoms with van der Waals surface area (Å²) in [5.74, 6) is -7.25. The van der Waals surface area contributed by atoms with Crippen molar-refractivity contribution in [1.29, 1.82) is 0 Å². The number of nitrogens with one attached hydrogen (secondary N) is 1. The molecule has 0 bridgehead atoms. The SMILES string of the molecule is COC1=CC(=O)c2c(O)c3c(c(O)c2C1=O)C(=O)[C@]1(CCc2cc4cc(C=NOCc5ccc(F)cc5)[nH]c(=O)c4c(O)c21)C3=O. The predicted molar refractivity (Wildman–Crippen MR) is 157 cm³/mol. The molecule has 4 N–H and O–H groups in total. The van der Waals surface area contributed by atoms with Crippen LogP contribution in [0.3, 0.4) is 0 Å². The minimum absolute atomic E-state index is 0.0376. The van der Waals surface area contributed by atoms with Gasteiger partial charge in [0, 0.05) is 11.6 Å². The molecule has 1 aromatic heterocycles. The number of aromatic nitrogens is 1. The molecule has 230 valence electrons. The second-order valence-corrected chi connectivity index (χ2v) is 11.1. The van der Waals surface area contributed by atoms with Crippen molar-refractivity contribution in [2.45, 2.75) is 24.9 Å². The number of rotatable bonds is 5. The van der Waals surface area contributed by atoms with Gasteiger partial charge in [0.15, 0.2) is 23.1 Å². The summed E-state index contributed by atoms with van der Waals surface area (Å²) in [7, 11) is 1.12. The van der Waals surface area contributed by atoms with Crippen molar-refractivity contribution in [3.63, 3.8) is 0 Å². The number of fused-ring (bicyclic) bond motifs is 5. The van der Waals surface area contributed by atoms with Crippen LogP contribution < -0.4 is 5.56 Å². The predicted octanol–water partition coefficient (Wildman–Crippen LogP) is 3.51. The normalized spacial score (nSPS) is 18.3. The van der Waals surface area contributed by atoms with Gasteiger partial charge in [0.05, 0.1) is 46.7 Å². The van der Waals surface area contributed by atoms with Crippen molar-refractivity contribution in [2.75, 3.05) is 7.11 Å². The number of Topliss-reactive ketones (excluding diaryl/α,β-unsaturated/α-hetero) is 3. The third-order valence-electron chi connectivity index (χ3n) is 8.67. The number of aryl methyl sites for hydroxylation is 1. The van der Waals surface area contributed by atoms with Gasteiger partial charge in [-0.3, -0.25) is 24.0 Å². The van der Waals surface area contributed by atoms with Gasteiger partial charge in [-0.15, -0.1) is 0 Å². The van der Waals surface area contributed by atoms with E-state index in [0.717, 1.165) is 13.2 Å². The highest BCUT2D eigenvalue weighted by Crippen LogP contribution is 2.57. The van der Waals surface area contributed by atoms with Gasteiger partial charge in [-0.2, -0.15) is 0 Å². The molecule has 3 aliphatic carbocycles. The molecule has 0 unspecified atom stereocenters. The molecule has 0 aliphatic heterocycles. The van der Waals surface area contributed by atoms with E-state index in [4.69, 9.17) is 9.57 Å². The first-order valence-corrected chi connectivity index (χ1v) is 13.9. The van der Waals surface area contributed by atoms with E-state index in [2.05, 4.69) is 10.1 Å². The highest BCUT2D eigenvalue weighted by atomic mass is 19.1. The number of allylic oxidation sites excluding steroid dienone is 2. The molecule has 0 saturated heterocycles. The molecule has 0 amide bonds. The Labute approximate surface area is 257 Å². The van der Waals surface area contributed by atoms with Crippen molar-refractivity contribution >= 4 is 40.1 Å². The van der Waals surface area contributed by atoms with Crippen LogP contribution in [0.1, 0.15) is 70.2 Å². The van der Waals surface area contributed by atoms with E-state index in [1.807, 2.05) is 0 Å². The van der Waals surface area contributed by atoms with E-state index in [9.17, 15) is 43.7 Å². The maximum absolute atomic E-state index is 14.1. The zero-order valence-electron chi connectivity index (χ0n) is 23.8. The molecule has 13 heteroatoms. The molecule has 1 atom stereocenters. The summed E-state index contributed by atoms with van der Waals surface area (Å²) in [6.45, 7) is 0.0376. The highest BCUT2D eigenvalue weighted by Gasteiger charge is 2.61. The zero-order valence-corrected chi connectivity index (χ0v) is 23.8. The molecule has 46 heavy (non-hydrogen) atoms. The van der Waals surface area contributed by atoms with Gasteiger partial charge < -0.3 is 29.9 Å². The number of aromatic hydroxyl groups is 3. The van der Waals surface area contributed by atoms with Crippen LogP contribution >= 0.6 is 0 Å². The monoisotopic (exact) mass is 624 g/mol. The minimum Gasteiger partial charge on any atom is -0.507 e. The Bertz CT molecular complexity index is 2230. The van der Waals surface area contributed by atoms with Crippen LogP contribution in [0.15, 0.2) is 58.2 Å². The highest BCUT2D eigenvalue weighted by molar-refractivity contribution is 6.38. The van der Waals surface area contributed by atoms with Gasteiger partial charge in [0.2, 0.25) is 5.78 Å². The van der Waals surface area contributed by atoms with E-state index in [0.29, 0.717) is 11.1 Å². The van der Waals surface area contributed by atoms with Crippen molar-refractivity contribution in [1.82, 2.24) is 4.98 Å². The molecule has 3 aromatic carbocycles. The number of benzene rings is 3. The van der Waals surface area contributed by atoms with Crippen molar-refractivity contribution in [3.05, 3.63) is 109 Å². The van der Waals surface area contributed by atoms with Crippen LogP contribution in [0, 0.1) is 5.82 Å². The number of hydrogen-bond acceptors (Lipinski definition) is 11. The number of hydrogen-bond donors (Lipinski definition) is 4. The van der Waals surface area contributed by atoms with Crippen LogP contribution in [0.4, 0.5) is 4.39 Å². The maximum atomic E-state index is 14.1. The maximum Gasteiger partial charge on any atom is 0.260 e. The van der Waals surface area contributed by atoms with E-state index in [1.54, 1.807) is 6.07 Å². The fourth-order valence-electron chi connectivity index (χ4n) is 6.61. The Morgan fingerprint density at radius 3 is 2.28 bits per heavy atom.